The Kier molecular flexibility index (Phi) is 4.90. The van der Waals surface area contributed by atoms with Gasteiger partial charge in [-0.05, 0) is 43.5 Å². The van der Waals surface area contributed by atoms with Gasteiger partial charge in [-0.15, -0.1) is 0 Å². The highest BCUT2D eigenvalue weighted by Crippen LogP contribution is 2.31. The van der Waals surface area contributed by atoms with Crippen molar-refractivity contribution in [2.75, 3.05) is 18.6 Å². The van der Waals surface area contributed by atoms with Gasteiger partial charge in [0.15, 0.2) is 17.6 Å². The van der Waals surface area contributed by atoms with E-state index >= 15 is 0 Å². The van der Waals surface area contributed by atoms with Crippen LogP contribution < -0.4 is 14.4 Å². The first kappa shape index (κ1) is 16.8. The SMILES string of the molecule is COc1cc(C#N)ccc1OC(C)C(=O)N1CCCc2ccccc21. The van der Waals surface area contributed by atoms with Gasteiger partial charge in [-0.25, -0.2) is 0 Å². The molecule has 0 bridgehead atoms. The third-order valence-corrected chi connectivity index (χ3v) is 4.32. The number of benzene rings is 2. The number of para-hydroxylation sites is 1. The van der Waals surface area contributed by atoms with E-state index < -0.39 is 6.10 Å². The summed E-state index contributed by atoms with van der Waals surface area (Å²) in [4.78, 5) is 14.7. The van der Waals surface area contributed by atoms with Gasteiger partial charge >= 0.3 is 0 Å². The minimum Gasteiger partial charge on any atom is -0.493 e. The summed E-state index contributed by atoms with van der Waals surface area (Å²) in [5, 5.41) is 8.97. The van der Waals surface area contributed by atoms with Crippen LogP contribution in [0.5, 0.6) is 11.5 Å². The molecule has 0 saturated carbocycles. The zero-order valence-electron chi connectivity index (χ0n) is 14.4. The number of hydrogen-bond donors (Lipinski definition) is 0. The molecule has 2 aromatic rings. The summed E-state index contributed by atoms with van der Waals surface area (Å²) >= 11 is 0. The Morgan fingerprint density at radius 3 is 2.80 bits per heavy atom. The molecule has 1 atom stereocenters. The normalized spacial score (nSPS) is 14.2. The van der Waals surface area contributed by atoms with Crippen molar-refractivity contribution in [2.45, 2.75) is 25.9 Å². The number of carbonyl (C=O) groups is 1. The van der Waals surface area contributed by atoms with Gasteiger partial charge in [0, 0.05) is 18.3 Å². The van der Waals surface area contributed by atoms with Crippen molar-refractivity contribution in [3.8, 4) is 17.6 Å². The van der Waals surface area contributed by atoms with E-state index in [9.17, 15) is 4.79 Å². The van der Waals surface area contributed by atoms with Crippen molar-refractivity contribution in [1.29, 1.82) is 5.26 Å². The Morgan fingerprint density at radius 2 is 2.04 bits per heavy atom. The summed E-state index contributed by atoms with van der Waals surface area (Å²) in [6.45, 7) is 2.42. The first-order valence-electron chi connectivity index (χ1n) is 8.28. The topological polar surface area (TPSA) is 62.6 Å². The lowest BCUT2D eigenvalue weighted by atomic mass is 10.0. The highest BCUT2D eigenvalue weighted by Gasteiger charge is 2.27. The van der Waals surface area contributed by atoms with Gasteiger partial charge in [-0.2, -0.15) is 5.26 Å². The van der Waals surface area contributed by atoms with Crippen molar-refractivity contribution >= 4 is 11.6 Å². The molecule has 3 rings (SSSR count). The molecule has 2 aromatic carbocycles. The monoisotopic (exact) mass is 336 g/mol. The van der Waals surface area contributed by atoms with Crippen LogP contribution in [0.3, 0.4) is 0 Å². The maximum atomic E-state index is 12.9. The van der Waals surface area contributed by atoms with Crippen LogP contribution in [0, 0.1) is 11.3 Å². The Hall–Kier alpha value is -3.00. The molecule has 0 fully saturated rings. The molecule has 0 spiro atoms. The standard InChI is InChI=1S/C20H20N2O3/c1-14(25-18-10-9-15(13-21)12-19(18)24-2)20(23)22-11-5-7-16-6-3-4-8-17(16)22/h3-4,6,8-10,12,14H,5,7,11H2,1-2H3. The van der Waals surface area contributed by atoms with Crippen LogP contribution in [0.15, 0.2) is 42.5 Å². The average molecular weight is 336 g/mol. The highest BCUT2D eigenvalue weighted by atomic mass is 16.5. The number of rotatable bonds is 4. The van der Waals surface area contributed by atoms with E-state index in [2.05, 4.69) is 12.1 Å². The Labute approximate surface area is 147 Å². The van der Waals surface area contributed by atoms with E-state index in [1.807, 2.05) is 18.2 Å². The molecule has 0 saturated heterocycles. The second-order valence-electron chi connectivity index (χ2n) is 5.96. The molecule has 5 nitrogen and oxygen atoms in total. The smallest absolute Gasteiger partial charge is 0.267 e. The molecule has 5 heteroatoms. The molecule has 1 aliphatic heterocycles. The fourth-order valence-electron chi connectivity index (χ4n) is 3.06. The number of carbonyl (C=O) groups excluding carboxylic acids is 1. The van der Waals surface area contributed by atoms with Gasteiger partial charge in [0.2, 0.25) is 0 Å². The molecule has 1 amide bonds. The molecular weight excluding hydrogens is 316 g/mol. The van der Waals surface area contributed by atoms with E-state index in [0.717, 1.165) is 18.5 Å². The predicted octanol–water partition coefficient (Wildman–Crippen LogP) is 3.31. The molecule has 0 aromatic heterocycles. The van der Waals surface area contributed by atoms with Crippen molar-refractivity contribution in [3.05, 3.63) is 53.6 Å². The third kappa shape index (κ3) is 3.43. The first-order chi connectivity index (χ1) is 12.1. The zero-order chi connectivity index (χ0) is 17.8. The zero-order valence-corrected chi connectivity index (χ0v) is 14.4. The number of aryl methyl sites for hydroxylation is 1. The largest absolute Gasteiger partial charge is 0.493 e. The van der Waals surface area contributed by atoms with Gasteiger partial charge in [0.1, 0.15) is 0 Å². The quantitative estimate of drug-likeness (QED) is 0.859. The molecule has 25 heavy (non-hydrogen) atoms. The van der Waals surface area contributed by atoms with Gasteiger partial charge in [0.05, 0.1) is 18.7 Å². The van der Waals surface area contributed by atoms with E-state index in [1.54, 1.807) is 30.0 Å². The predicted molar refractivity (Wildman–Crippen MR) is 94.9 cm³/mol. The maximum Gasteiger partial charge on any atom is 0.267 e. The molecule has 0 radical (unpaired) electrons. The van der Waals surface area contributed by atoms with Crippen LogP contribution in [-0.4, -0.2) is 25.7 Å². The third-order valence-electron chi connectivity index (χ3n) is 4.32. The van der Waals surface area contributed by atoms with Crippen LogP contribution in [0.4, 0.5) is 5.69 Å². The van der Waals surface area contributed by atoms with Crippen molar-refractivity contribution < 1.29 is 14.3 Å². The Bertz CT molecular complexity index is 826. The summed E-state index contributed by atoms with van der Waals surface area (Å²) in [5.74, 6) is 0.809. The molecule has 1 heterocycles. The summed E-state index contributed by atoms with van der Waals surface area (Å²) in [6, 6.07) is 14.9. The average Bonchev–Trinajstić information content (AvgIpc) is 2.67. The van der Waals surface area contributed by atoms with Crippen molar-refractivity contribution in [3.63, 3.8) is 0 Å². The van der Waals surface area contributed by atoms with Gasteiger partial charge < -0.3 is 14.4 Å². The second kappa shape index (κ2) is 7.27. The van der Waals surface area contributed by atoms with Crippen LogP contribution in [0.1, 0.15) is 24.5 Å². The summed E-state index contributed by atoms with van der Waals surface area (Å²) < 4.78 is 11.1. The minimum atomic E-state index is -0.659. The number of fused-ring (bicyclic) bond motifs is 1. The molecule has 0 N–H and O–H groups in total. The second-order valence-corrected chi connectivity index (χ2v) is 5.96. The lowest BCUT2D eigenvalue weighted by molar-refractivity contribution is -0.124. The highest BCUT2D eigenvalue weighted by molar-refractivity contribution is 5.97. The van der Waals surface area contributed by atoms with Gasteiger partial charge in [-0.3, -0.25) is 4.79 Å². The molecule has 1 unspecified atom stereocenters. The fraction of sp³-hybridized carbons (Fsp3) is 0.300. The Balaban J connectivity index is 1.80. The van der Waals surface area contributed by atoms with E-state index in [1.165, 1.54) is 12.7 Å². The van der Waals surface area contributed by atoms with E-state index in [0.29, 0.717) is 23.6 Å². The van der Waals surface area contributed by atoms with Crippen LogP contribution in [-0.2, 0) is 11.2 Å². The lowest BCUT2D eigenvalue weighted by Gasteiger charge is -2.31. The summed E-state index contributed by atoms with van der Waals surface area (Å²) in [6.07, 6.45) is 1.27. The number of amides is 1. The maximum absolute atomic E-state index is 12.9. The van der Waals surface area contributed by atoms with Crippen LogP contribution in [0.25, 0.3) is 0 Å². The molecule has 0 aliphatic carbocycles. The van der Waals surface area contributed by atoms with E-state index in [4.69, 9.17) is 14.7 Å². The molecule has 128 valence electrons. The van der Waals surface area contributed by atoms with Crippen molar-refractivity contribution in [2.24, 2.45) is 0 Å². The lowest BCUT2D eigenvalue weighted by Crippen LogP contribution is -2.43. The van der Waals surface area contributed by atoms with Crippen LogP contribution in [0.2, 0.25) is 0 Å². The van der Waals surface area contributed by atoms with Crippen LogP contribution >= 0.6 is 0 Å². The number of hydrogen-bond acceptors (Lipinski definition) is 4. The minimum absolute atomic E-state index is 0.0847. The fourth-order valence-corrected chi connectivity index (χ4v) is 3.06. The summed E-state index contributed by atoms with van der Waals surface area (Å²) in [5.41, 5.74) is 2.62. The summed E-state index contributed by atoms with van der Waals surface area (Å²) in [7, 11) is 1.51. The number of ether oxygens (including phenoxy) is 2. The number of methoxy groups -OCH3 is 1. The number of anilines is 1. The molecular formula is C20H20N2O3. The molecule has 1 aliphatic rings. The van der Waals surface area contributed by atoms with Gasteiger partial charge in [0.25, 0.3) is 5.91 Å². The first-order valence-corrected chi connectivity index (χ1v) is 8.28. The van der Waals surface area contributed by atoms with E-state index in [-0.39, 0.29) is 5.91 Å². The van der Waals surface area contributed by atoms with Crippen molar-refractivity contribution in [1.82, 2.24) is 0 Å². The number of nitriles is 1. The Morgan fingerprint density at radius 1 is 1.24 bits per heavy atom. The van der Waals surface area contributed by atoms with Gasteiger partial charge in [-0.1, -0.05) is 18.2 Å². The number of nitrogens with zero attached hydrogens (tertiary/aromatic N) is 2.